The van der Waals surface area contributed by atoms with E-state index in [1.165, 1.54) is 23.9 Å². The average molecular weight is 478 g/mol. The van der Waals surface area contributed by atoms with Crippen LogP contribution in [0.3, 0.4) is 0 Å². The number of carbonyl (C=O) groups excluding carboxylic acids is 2. The van der Waals surface area contributed by atoms with Crippen LogP contribution in [0.1, 0.15) is 12.0 Å². The molecule has 0 radical (unpaired) electrons. The molecular formula is C26H24FN3O3S. The molecule has 1 N–H and O–H groups in total. The lowest BCUT2D eigenvalue weighted by Crippen LogP contribution is -2.46. The summed E-state index contributed by atoms with van der Waals surface area (Å²) in [5.74, 6) is -0.138. The van der Waals surface area contributed by atoms with Crippen molar-refractivity contribution in [2.24, 2.45) is 4.99 Å². The number of benzene rings is 3. The molecule has 174 valence electrons. The normalized spacial score (nSPS) is 17.0. The van der Waals surface area contributed by atoms with E-state index in [9.17, 15) is 14.0 Å². The highest BCUT2D eigenvalue weighted by Crippen LogP contribution is 2.30. The van der Waals surface area contributed by atoms with Gasteiger partial charge in [-0.2, -0.15) is 0 Å². The third-order valence-electron chi connectivity index (χ3n) is 5.31. The Morgan fingerprint density at radius 2 is 1.79 bits per heavy atom. The van der Waals surface area contributed by atoms with E-state index in [-0.39, 0.29) is 24.1 Å². The number of anilines is 1. The van der Waals surface area contributed by atoms with Gasteiger partial charge in [-0.3, -0.25) is 14.5 Å². The molecule has 0 aromatic heterocycles. The maximum absolute atomic E-state index is 13.4. The number of aliphatic imine (C=N–C) groups is 1. The van der Waals surface area contributed by atoms with Crippen LogP contribution in [0.15, 0.2) is 83.9 Å². The van der Waals surface area contributed by atoms with E-state index in [0.717, 1.165) is 5.56 Å². The first-order valence-electron chi connectivity index (χ1n) is 10.8. The second kappa shape index (κ2) is 11.0. The first-order chi connectivity index (χ1) is 16.5. The van der Waals surface area contributed by atoms with Crippen LogP contribution in [0, 0.1) is 5.82 Å². The van der Waals surface area contributed by atoms with Crippen LogP contribution < -0.4 is 10.1 Å². The summed E-state index contributed by atoms with van der Waals surface area (Å²) in [6.45, 7) is 0.433. The van der Waals surface area contributed by atoms with Gasteiger partial charge in [-0.25, -0.2) is 9.38 Å². The maximum Gasteiger partial charge on any atom is 0.238 e. The minimum Gasteiger partial charge on any atom is -0.497 e. The van der Waals surface area contributed by atoms with Crippen molar-refractivity contribution in [3.05, 3.63) is 90.2 Å². The van der Waals surface area contributed by atoms with Gasteiger partial charge in [0.25, 0.3) is 0 Å². The van der Waals surface area contributed by atoms with Crippen molar-refractivity contribution in [3.8, 4) is 5.75 Å². The number of hydrogen-bond acceptors (Lipinski definition) is 5. The minimum atomic E-state index is -0.637. The van der Waals surface area contributed by atoms with Crippen molar-refractivity contribution in [3.63, 3.8) is 0 Å². The first-order valence-corrected chi connectivity index (χ1v) is 11.7. The molecule has 6 nitrogen and oxygen atoms in total. The Kier molecular flexibility index (Phi) is 7.59. The van der Waals surface area contributed by atoms with Crippen LogP contribution in [0.5, 0.6) is 5.75 Å². The Morgan fingerprint density at radius 3 is 2.47 bits per heavy atom. The van der Waals surface area contributed by atoms with Crippen molar-refractivity contribution >= 4 is 40.1 Å². The zero-order chi connectivity index (χ0) is 23.9. The van der Waals surface area contributed by atoms with Gasteiger partial charge in [0, 0.05) is 18.7 Å². The number of methoxy groups -OCH3 is 1. The van der Waals surface area contributed by atoms with E-state index in [1.807, 2.05) is 30.3 Å². The quantitative estimate of drug-likeness (QED) is 0.518. The van der Waals surface area contributed by atoms with Crippen LogP contribution in [-0.4, -0.2) is 40.8 Å². The molecule has 0 spiro atoms. The fourth-order valence-electron chi connectivity index (χ4n) is 3.47. The van der Waals surface area contributed by atoms with Crippen LogP contribution in [0.4, 0.5) is 15.8 Å². The van der Waals surface area contributed by atoms with E-state index < -0.39 is 5.25 Å². The summed E-state index contributed by atoms with van der Waals surface area (Å²) in [6.07, 6.45) is 0.710. The van der Waals surface area contributed by atoms with Crippen LogP contribution in [0.25, 0.3) is 0 Å². The largest absolute Gasteiger partial charge is 0.497 e. The highest BCUT2D eigenvalue weighted by atomic mass is 32.2. The molecule has 1 saturated heterocycles. The van der Waals surface area contributed by atoms with E-state index in [1.54, 1.807) is 48.4 Å². The molecular weight excluding hydrogens is 453 g/mol. The second-order valence-corrected chi connectivity index (χ2v) is 8.85. The number of halogens is 1. The Morgan fingerprint density at radius 1 is 1.09 bits per heavy atom. The van der Waals surface area contributed by atoms with Gasteiger partial charge < -0.3 is 10.1 Å². The number of carbonyl (C=O) groups is 2. The SMILES string of the molecule is COc1ccc(NC(=O)[C@H]2CC(=O)N(CCc3ccccc3)C(=Nc3ccc(F)cc3)S2)cc1. The van der Waals surface area contributed by atoms with Gasteiger partial charge in [0.1, 0.15) is 16.8 Å². The van der Waals surface area contributed by atoms with E-state index in [4.69, 9.17) is 4.74 Å². The van der Waals surface area contributed by atoms with Gasteiger partial charge in [-0.1, -0.05) is 42.1 Å². The summed E-state index contributed by atoms with van der Waals surface area (Å²) in [6, 6.07) is 22.6. The Balaban J connectivity index is 1.53. The molecule has 2 amide bonds. The first kappa shape index (κ1) is 23.5. The van der Waals surface area contributed by atoms with Gasteiger partial charge in [0.15, 0.2) is 5.17 Å². The second-order valence-electron chi connectivity index (χ2n) is 7.68. The average Bonchev–Trinajstić information content (AvgIpc) is 2.86. The third-order valence-corrected chi connectivity index (χ3v) is 6.50. The third kappa shape index (κ3) is 6.02. The minimum absolute atomic E-state index is 0.0594. The summed E-state index contributed by atoms with van der Waals surface area (Å²) in [7, 11) is 1.57. The van der Waals surface area contributed by atoms with Gasteiger partial charge in [0.2, 0.25) is 11.8 Å². The number of nitrogens with zero attached hydrogens (tertiary/aromatic N) is 2. The van der Waals surface area contributed by atoms with Gasteiger partial charge in [0.05, 0.1) is 12.8 Å². The van der Waals surface area contributed by atoms with Gasteiger partial charge in [-0.05, 0) is 60.5 Å². The number of amidine groups is 1. The molecule has 1 aliphatic heterocycles. The summed E-state index contributed by atoms with van der Waals surface area (Å²) in [5.41, 5.74) is 2.22. The van der Waals surface area contributed by atoms with Crippen LogP contribution in [0.2, 0.25) is 0 Å². The smallest absolute Gasteiger partial charge is 0.238 e. The topological polar surface area (TPSA) is 71.0 Å². The lowest BCUT2D eigenvalue weighted by molar-refractivity contribution is -0.129. The lowest BCUT2D eigenvalue weighted by Gasteiger charge is -2.32. The molecule has 0 saturated carbocycles. The molecule has 0 unspecified atom stereocenters. The van der Waals surface area contributed by atoms with Crippen molar-refractivity contribution in [1.82, 2.24) is 4.90 Å². The number of nitrogens with one attached hydrogen (secondary N) is 1. The van der Waals surface area contributed by atoms with Crippen LogP contribution >= 0.6 is 11.8 Å². The van der Waals surface area contributed by atoms with Crippen molar-refractivity contribution < 1.29 is 18.7 Å². The number of amides is 2. The maximum atomic E-state index is 13.4. The van der Waals surface area contributed by atoms with Gasteiger partial charge in [-0.15, -0.1) is 0 Å². The Labute approximate surface area is 201 Å². The lowest BCUT2D eigenvalue weighted by atomic mass is 10.1. The molecule has 3 aromatic carbocycles. The number of hydrogen-bond donors (Lipinski definition) is 1. The molecule has 0 aliphatic carbocycles. The number of thioether (sulfide) groups is 1. The highest BCUT2D eigenvalue weighted by molar-refractivity contribution is 8.15. The fourth-order valence-corrected chi connectivity index (χ4v) is 4.59. The van der Waals surface area contributed by atoms with Crippen molar-refractivity contribution in [2.75, 3.05) is 19.0 Å². The highest BCUT2D eigenvalue weighted by Gasteiger charge is 2.35. The molecule has 34 heavy (non-hydrogen) atoms. The van der Waals surface area contributed by atoms with Crippen LogP contribution in [-0.2, 0) is 16.0 Å². The summed E-state index contributed by atoms with van der Waals surface area (Å²) < 4.78 is 18.5. The predicted octanol–water partition coefficient (Wildman–Crippen LogP) is 5.04. The zero-order valence-electron chi connectivity index (χ0n) is 18.6. The monoisotopic (exact) mass is 477 g/mol. The standard InChI is InChI=1S/C26H24FN3O3S/c1-33-22-13-11-20(12-14-22)28-25(32)23-17-24(31)30(16-15-18-5-3-2-4-6-18)26(34-23)29-21-9-7-19(27)8-10-21/h2-14,23H,15-17H2,1H3,(H,28,32)/t23-/m1/s1. The predicted molar refractivity (Wildman–Crippen MR) is 133 cm³/mol. The van der Waals surface area contributed by atoms with Crippen molar-refractivity contribution in [1.29, 1.82) is 0 Å². The Bertz CT molecular complexity index is 1170. The van der Waals surface area contributed by atoms with E-state index in [0.29, 0.717) is 35.3 Å². The molecule has 1 heterocycles. The summed E-state index contributed by atoms with van der Waals surface area (Å²) in [5, 5.41) is 2.64. The Hall–Kier alpha value is -3.65. The molecule has 1 aliphatic rings. The van der Waals surface area contributed by atoms with Gasteiger partial charge >= 0.3 is 0 Å². The van der Waals surface area contributed by atoms with Crippen molar-refractivity contribution in [2.45, 2.75) is 18.1 Å². The molecule has 4 rings (SSSR count). The molecule has 3 aromatic rings. The fraction of sp³-hybridized carbons (Fsp3) is 0.192. The number of rotatable bonds is 7. The molecule has 1 atom stereocenters. The van der Waals surface area contributed by atoms with E-state index >= 15 is 0 Å². The molecule has 0 bridgehead atoms. The molecule has 8 heteroatoms. The van der Waals surface area contributed by atoms with E-state index in [2.05, 4.69) is 10.3 Å². The number of ether oxygens (including phenoxy) is 1. The zero-order valence-corrected chi connectivity index (χ0v) is 19.4. The summed E-state index contributed by atoms with van der Waals surface area (Å²) >= 11 is 1.24. The molecule has 1 fully saturated rings. The summed E-state index contributed by atoms with van der Waals surface area (Å²) in [4.78, 5) is 32.3.